The number of hydrogen-bond donors (Lipinski definition) is 2. The van der Waals surface area contributed by atoms with Gasteiger partial charge in [-0.2, -0.15) is 13.5 Å². The Balaban J connectivity index is 1.87. The van der Waals surface area contributed by atoms with E-state index in [-0.39, 0.29) is 5.03 Å². The van der Waals surface area contributed by atoms with Crippen LogP contribution >= 0.6 is 11.3 Å². The number of sulfonamides is 1. The molecule has 1 aliphatic carbocycles. The van der Waals surface area contributed by atoms with Gasteiger partial charge in [0.15, 0.2) is 10.2 Å². The van der Waals surface area contributed by atoms with Gasteiger partial charge in [-0.05, 0) is 31.7 Å². The van der Waals surface area contributed by atoms with Crippen molar-refractivity contribution in [1.29, 1.82) is 0 Å². The minimum Gasteiger partial charge on any atom is -0.266 e. The molecule has 0 aromatic carbocycles. The lowest BCUT2D eigenvalue weighted by Crippen LogP contribution is -2.13. The van der Waals surface area contributed by atoms with E-state index in [9.17, 15) is 8.42 Å². The van der Waals surface area contributed by atoms with Gasteiger partial charge in [-0.25, -0.2) is 4.98 Å². The van der Waals surface area contributed by atoms with Crippen molar-refractivity contribution in [2.75, 3.05) is 4.72 Å². The Hall–Kier alpha value is -1.41. The highest BCUT2D eigenvalue weighted by Crippen LogP contribution is 2.30. The van der Waals surface area contributed by atoms with E-state index in [2.05, 4.69) is 19.9 Å². The molecule has 6 nitrogen and oxygen atoms in total. The number of nitrogens with zero attached hydrogens (tertiary/aromatic N) is 2. The molecule has 2 N–H and O–H groups in total. The summed E-state index contributed by atoms with van der Waals surface area (Å²) in [7, 11) is -3.59. The van der Waals surface area contributed by atoms with Crippen LogP contribution in [0, 0.1) is 0 Å². The molecule has 8 heteroatoms. The lowest BCUT2D eigenvalue weighted by atomic mass is 10.0. The summed E-state index contributed by atoms with van der Waals surface area (Å²) in [5.41, 5.74) is 1.04. The maximum absolute atomic E-state index is 12.0. The molecule has 1 aliphatic rings. The predicted octanol–water partition coefficient (Wildman–Crippen LogP) is 1.55. The Morgan fingerprint density at radius 3 is 2.89 bits per heavy atom. The molecule has 96 valence electrons. The summed E-state index contributed by atoms with van der Waals surface area (Å²) >= 11 is 1.42. The van der Waals surface area contributed by atoms with E-state index in [0.717, 1.165) is 31.4 Å². The van der Waals surface area contributed by atoms with Crippen LogP contribution in [0.15, 0.2) is 17.3 Å². The predicted molar refractivity (Wildman–Crippen MR) is 68.2 cm³/mol. The van der Waals surface area contributed by atoms with Crippen LogP contribution in [0.3, 0.4) is 0 Å². The zero-order chi connectivity index (χ0) is 12.6. The number of anilines is 1. The van der Waals surface area contributed by atoms with Crippen LogP contribution in [0.25, 0.3) is 0 Å². The van der Waals surface area contributed by atoms with Crippen molar-refractivity contribution in [3.05, 3.63) is 22.8 Å². The van der Waals surface area contributed by atoms with Gasteiger partial charge in [0, 0.05) is 4.88 Å². The number of rotatable bonds is 3. The molecule has 0 fully saturated rings. The van der Waals surface area contributed by atoms with E-state index < -0.39 is 10.0 Å². The van der Waals surface area contributed by atoms with Crippen molar-refractivity contribution >= 4 is 26.5 Å². The summed E-state index contributed by atoms with van der Waals surface area (Å²) in [5, 5.41) is 6.56. The Morgan fingerprint density at radius 1 is 1.33 bits per heavy atom. The van der Waals surface area contributed by atoms with Gasteiger partial charge in [-0.3, -0.25) is 9.82 Å². The average molecular weight is 284 g/mol. The van der Waals surface area contributed by atoms with Gasteiger partial charge >= 0.3 is 0 Å². The summed E-state index contributed by atoms with van der Waals surface area (Å²) in [6.07, 6.45) is 5.63. The monoisotopic (exact) mass is 284 g/mol. The molecule has 0 aliphatic heterocycles. The van der Waals surface area contributed by atoms with E-state index in [1.54, 1.807) is 0 Å². The molecule has 0 atom stereocenters. The smallest absolute Gasteiger partial charge is 0.266 e. The number of hydrogen-bond acceptors (Lipinski definition) is 5. The molecule has 0 saturated carbocycles. The lowest BCUT2D eigenvalue weighted by Gasteiger charge is -2.06. The highest BCUT2D eigenvalue weighted by molar-refractivity contribution is 7.92. The van der Waals surface area contributed by atoms with Crippen molar-refractivity contribution in [3.8, 4) is 0 Å². The summed E-state index contributed by atoms with van der Waals surface area (Å²) in [6, 6.07) is 1.41. The van der Waals surface area contributed by atoms with Crippen LogP contribution in [0.5, 0.6) is 0 Å². The maximum Gasteiger partial charge on any atom is 0.280 e. The normalized spacial score (nSPS) is 15.3. The molecule has 2 aromatic rings. The average Bonchev–Trinajstić information content (AvgIpc) is 2.96. The fourth-order valence-electron chi connectivity index (χ4n) is 1.96. The van der Waals surface area contributed by atoms with Crippen molar-refractivity contribution in [2.45, 2.75) is 30.7 Å². The number of thiazole rings is 1. The van der Waals surface area contributed by atoms with Crippen LogP contribution in [-0.2, 0) is 22.9 Å². The third-order valence-electron chi connectivity index (χ3n) is 2.83. The van der Waals surface area contributed by atoms with E-state index in [0.29, 0.717) is 5.13 Å². The Morgan fingerprint density at radius 2 is 2.17 bits per heavy atom. The zero-order valence-electron chi connectivity index (χ0n) is 9.51. The molecule has 0 radical (unpaired) electrons. The number of fused-ring (bicyclic) bond motifs is 1. The van der Waals surface area contributed by atoms with Gasteiger partial charge in [-0.15, -0.1) is 11.3 Å². The van der Waals surface area contributed by atoms with Crippen molar-refractivity contribution in [1.82, 2.24) is 15.2 Å². The third-order valence-corrected chi connectivity index (χ3v) is 5.30. The van der Waals surface area contributed by atoms with Crippen LogP contribution in [0.4, 0.5) is 5.13 Å². The summed E-state index contributed by atoms with van der Waals surface area (Å²) in [4.78, 5) is 5.54. The van der Waals surface area contributed by atoms with Gasteiger partial charge in [0.25, 0.3) is 10.0 Å². The van der Waals surface area contributed by atoms with Crippen LogP contribution in [0.1, 0.15) is 23.4 Å². The topological polar surface area (TPSA) is 87.7 Å². The second-order valence-electron chi connectivity index (χ2n) is 4.12. The number of aromatic amines is 1. The summed E-state index contributed by atoms with van der Waals surface area (Å²) < 4.78 is 26.4. The third kappa shape index (κ3) is 2.13. The fourth-order valence-corrected chi connectivity index (χ4v) is 4.15. The summed E-state index contributed by atoms with van der Waals surface area (Å²) in [6.45, 7) is 0. The molecule has 0 unspecified atom stereocenters. The van der Waals surface area contributed by atoms with Crippen LogP contribution < -0.4 is 4.72 Å². The highest BCUT2D eigenvalue weighted by atomic mass is 32.2. The van der Waals surface area contributed by atoms with E-state index in [1.165, 1.54) is 28.5 Å². The van der Waals surface area contributed by atoms with E-state index in [4.69, 9.17) is 0 Å². The summed E-state index contributed by atoms with van der Waals surface area (Å²) in [5.74, 6) is 0. The second-order valence-corrected chi connectivity index (χ2v) is 6.86. The minimum atomic E-state index is -3.59. The largest absolute Gasteiger partial charge is 0.280 e. The molecule has 0 amide bonds. The number of H-pyrrole nitrogens is 1. The molecular weight excluding hydrogens is 272 g/mol. The first-order valence-electron chi connectivity index (χ1n) is 5.66. The first kappa shape index (κ1) is 11.7. The van der Waals surface area contributed by atoms with Gasteiger partial charge < -0.3 is 0 Å². The van der Waals surface area contributed by atoms with Gasteiger partial charge in [0.1, 0.15) is 0 Å². The SMILES string of the molecule is O=S(=O)(Nc1nc2c(s1)CCCC2)c1ccn[nH]1. The van der Waals surface area contributed by atoms with Gasteiger partial charge in [-0.1, -0.05) is 0 Å². The molecule has 18 heavy (non-hydrogen) atoms. The van der Waals surface area contributed by atoms with Crippen molar-refractivity contribution in [2.24, 2.45) is 0 Å². The number of aryl methyl sites for hydroxylation is 2. The zero-order valence-corrected chi connectivity index (χ0v) is 11.1. The fraction of sp³-hybridized carbons (Fsp3) is 0.400. The van der Waals surface area contributed by atoms with Gasteiger partial charge in [0.2, 0.25) is 0 Å². The second kappa shape index (κ2) is 4.36. The Kier molecular flexibility index (Phi) is 2.83. The first-order valence-corrected chi connectivity index (χ1v) is 7.96. The molecule has 3 rings (SSSR count). The first-order chi connectivity index (χ1) is 8.65. The maximum atomic E-state index is 12.0. The van der Waals surface area contributed by atoms with Crippen molar-refractivity contribution < 1.29 is 8.42 Å². The lowest BCUT2D eigenvalue weighted by molar-refractivity contribution is 0.597. The molecular formula is C10H12N4O2S2. The highest BCUT2D eigenvalue weighted by Gasteiger charge is 2.20. The molecule has 0 spiro atoms. The standard InChI is InChI=1S/C10H12N4O2S2/c15-18(16,9-5-6-11-13-9)14-10-12-7-3-1-2-4-8(7)17-10/h5-6H,1-4H2,(H,11,13)(H,12,14). The molecule has 0 bridgehead atoms. The Bertz CT molecular complexity index is 622. The molecule has 2 heterocycles. The number of aromatic nitrogens is 3. The van der Waals surface area contributed by atoms with E-state index in [1.807, 2.05) is 0 Å². The minimum absolute atomic E-state index is 0.0515. The van der Waals surface area contributed by atoms with Crippen LogP contribution in [0.2, 0.25) is 0 Å². The Labute approximate surface area is 109 Å². The van der Waals surface area contributed by atoms with Crippen LogP contribution in [-0.4, -0.2) is 23.6 Å². The quantitative estimate of drug-likeness (QED) is 0.895. The molecule has 0 saturated heterocycles. The van der Waals surface area contributed by atoms with Crippen molar-refractivity contribution in [3.63, 3.8) is 0 Å². The van der Waals surface area contributed by atoms with Gasteiger partial charge in [0.05, 0.1) is 11.9 Å². The van der Waals surface area contributed by atoms with E-state index >= 15 is 0 Å². The molecule has 2 aromatic heterocycles. The number of nitrogens with one attached hydrogen (secondary N) is 2.